The van der Waals surface area contributed by atoms with E-state index in [1.807, 2.05) is 5.92 Å². The molecule has 7 unspecified atom stereocenters. The molecule has 0 saturated heterocycles. The van der Waals surface area contributed by atoms with Crippen molar-refractivity contribution in [3.63, 3.8) is 0 Å². The third-order valence-corrected chi connectivity index (χ3v) is 10.1. The van der Waals surface area contributed by atoms with Crippen LogP contribution < -0.4 is 0 Å². The van der Waals surface area contributed by atoms with Gasteiger partial charge in [0, 0.05) is 0 Å². The Hall–Kier alpha value is 1.29. The zero-order chi connectivity index (χ0) is 19.4. The first kappa shape index (κ1) is 21.5. The fourth-order valence-electron chi connectivity index (χ4n) is 9.01. The monoisotopic (exact) mass is 444 g/mol. The molecule has 0 aromatic heterocycles. The van der Waals surface area contributed by atoms with Crippen molar-refractivity contribution in [2.45, 2.75) is 85.5 Å². The van der Waals surface area contributed by atoms with Gasteiger partial charge >= 0.3 is 35.6 Å². The first-order chi connectivity index (χ1) is 12.8. The second-order valence-corrected chi connectivity index (χ2v) is 14.0. The molecule has 7 atom stereocenters. The molecule has 0 spiro atoms. The third kappa shape index (κ3) is 3.53. The maximum atomic E-state index is 4.89. The van der Waals surface area contributed by atoms with Crippen LogP contribution in [0.5, 0.6) is 0 Å². The molecule has 2 radical (unpaired) electrons. The van der Waals surface area contributed by atoms with Gasteiger partial charge in [-0.2, -0.15) is 0 Å². The normalized spacial score (nSPS) is 47.0. The summed E-state index contributed by atoms with van der Waals surface area (Å²) in [5.74, 6) is 9.36. The summed E-state index contributed by atoms with van der Waals surface area (Å²) in [5.41, 5.74) is 1.30. The van der Waals surface area contributed by atoms with Crippen LogP contribution in [0.1, 0.15) is 85.5 Å². The number of rotatable bonds is 0. The van der Waals surface area contributed by atoms with Gasteiger partial charge in [-0.25, -0.2) is 0 Å². The second-order valence-electron chi connectivity index (χ2n) is 11.5. The molecule has 7 aliphatic rings. The van der Waals surface area contributed by atoms with Crippen molar-refractivity contribution in [2.75, 3.05) is 0 Å². The Labute approximate surface area is 185 Å². The van der Waals surface area contributed by atoms with Crippen LogP contribution in [0.2, 0.25) is 0 Å². The maximum absolute atomic E-state index is 4.89. The van der Waals surface area contributed by atoms with E-state index >= 15 is 0 Å². The zero-order valence-corrected chi connectivity index (χ0v) is 20.8. The topological polar surface area (TPSA) is 0 Å². The average Bonchev–Trinajstić information content (AvgIpc) is 3.36. The Bertz CT molecular complexity index is 510. The van der Waals surface area contributed by atoms with Gasteiger partial charge in [0.25, 0.3) is 0 Å². The van der Waals surface area contributed by atoms with E-state index in [9.17, 15) is 0 Å². The second kappa shape index (κ2) is 8.09. The Morgan fingerprint density at radius 3 is 2.26 bits per heavy atom. The summed E-state index contributed by atoms with van der Waals surface area (Å²) in [6.45, 7) is 10.2. The van der Waals surface area contributed by atoms with E-state index in [-0.39, 0.29) is 0 Å². The van der Waals surface area contributed by atoms with Crippen LogP contribution in [0.25, 0.3) is 0 Å². The summed E-state index contributed by atoms with van der Waals surface area (Å²) in [4.78, 5) is 0. The number of halogens is 2. The van der Waals surface area contributed by atoms with E-state index in [1.54, 1.807) is 19.3 Å². The first-order valence-corrected chi connectivity index (χ1v) is 15.8. The van der Waals surface area contributed by atoms with Gasteiger partial charge in [0.2, 0.25) is 0 Å². The Morgan fingerprint density at radius 2 is 1.59 bits per heavy atom. The van der Waals surface area contributed by atoms with Gasteiger partial charge in [0.05, 0.1) is 0 Å². The van der Waals surface area contributed by atoms with Crippen molar-refractivity contribution in [3.8, 4) is 0 Å². The summed E-state index contributed by atoms with van der Waals surface area (Å²) < 4.78 is 0. The summed E-state index contributed by atoms with van der Waals surface area (Å²) >= 11 is -0.556. The summed E-state index contributed by atoms with van der Waals surface area (Å²) in [5, 5.41) is 0. The van der Waals surface area contributed by atoms with E-state index in [2.05, 4.69) is 34.1 Å². The predicted molar refractivity (Wildman–Crippen MR) is 113 cm³/mol. The van der Waals surface area contributed by atoms with Crippen LogP contribution in [0, 0.1) is 64.6 Å². The average molecular weight is 445 g/mol. The van der Waals surface area contributed by atoms with Crippen LogP contribution in [0.15, 0.2) is 0 Å². The molecule has 152 valence electrons. The standard InChI is InChI=1S/C14H24.C10H14.2ClH.Ti/c1-13(2)10-7-5-6-9(10)11-8-12(13)14(11,3)4;1-2-9-7-4-5-8(6-7)10(9)3-1;;;/h9-12H,5-8H2,1-4H3;2,7-8,10H,1,3-6H2;2*1H;/q;;;;+2/p-2. The number of hydrogen-bond donors (Lipinski definition) is 0. The van der Waals surface area contributed by atoms with Crippen molar-refractivity contribution >= 4 is 18.6 Å². The molecule has 0 N–H and O–H groups in total. The van der Waals surface area contributed by atoms with Gasteiger partial charge < -0.3 is 0 Å². The molecule has 4 bridgehead atoms. The van der Waals surface area contributed by atoms with E-state index in [0.29, 0.717) is 10.8 Å². The van der Waals surface area contributed by atoms with E-state index in [1.165, 1.54) is 38.5 Å². The summed E-state index contributed by atoms with van der Waals surface area (Å²) in [6.07, 6.45) is 16.2. The van der Waals surface area contributed by atoms with Crippen LogP contribution in [0.3, 0.4) is 0 Å². The van der Waals surface area contributed by atoms with Gasteiger partial charge in [-0.1, -0.05) is 34.1 Å². The number of fused-ring (bicyclic) bond motifs is 5. The van der Waals surface area contributed by atoms with Crippen molar-refractivity contribution in [3.05, 3.63) is 12.3 Å². The van der Waals surface area contributed by atoms with Crippen LogP contribution in [0.4, 0.5) is 0 Å². The summed E-state index contributed by atoms with van der Waals surface area (Å²) in [6, 6.07) is 0. The molecular weight excluding hydrogens is 407 g/mol. The molecule has 7 rings (SSSR count). The SMILES string of the molecule is CC1(C)C2CCCC2C2CC1C2(C)C.[CH]1CCC2[C]1C1CCC2C1.[Cl][Ti][Cl]. The van der Waals surface area contributed by atoms with Crippen LogP contribution in [-0.4, -0.2) is 0 Å². The predicted octanol–water partition coefficient (Wildman–Crippen LogP) is 8.09. The molecule has 0 aliphatic heterocycles. The fourth-order valence-corrected chi connectivity index (χ4v) is 9.01. The van der Waals surface area contributed by atoms with Crippen LogP contribution in [-0.2, 0) is 17.0 Å². The molecule has 3 heteroatoms. The Kier molecular flexibility index (Phi) is 6.45. The summed E-state index contributed by atoms with van der Waals surface area (Å²) in [7, 11) is 9.78. The van der Waals surface area contributed by atoms with Crippen molar-refractivity contribution in [2.24, 2.45) is 52.3 Å². The van der Waals surface area contributed by atoms with E-state index in [4.69, 9.17) is 18.6 Å². The first-order valence-electron chi connectivity index (χ1n) is 11.5. The molecule has 27 heavy (non-hydrogen) atoms. The van der Waals surface area contributed by atoms with Gasteiger partial charge in [0.1, 0.15) is 0 Å². The molecule has 7 saturated carbocycles. The zero-order valence-electron chi connectivity index (χ0n) is 17.7. The molecule has 7 aliphatic carbocycles. The molecule has 0 aromatic rings. The van der Waals surface area contributed by atoms with Crippen molar-refractivity contribution in [1.29, 1.82) is 0 Å². The number of hydrogen-bond acceptors (Lipinski definition) is 0. The van der Waals surface area contributed by atoms with Crippen molar-refractivity contribution in [1.82, 2.24) is 0 Å². The molecule has 0 heterocycles. The van der Waals surface area contributed by atoms with Gasteiger partial charge in [-0.05, 0) is 116 Å². The van der Waals surface area contributed by atoms with Gasteiger partial charge in [0.15, 0.2) is 0 Å². The minimum absolute atomic E-state index is 0.556. The van der Waals surface area contributed by atoms with E-state index in [0.717, 1.165) is 41.4 Å². The van der Waals surface area contributed by atoms with Gasteiger partial charge in [-0.15, -0.1) is 0 Å². The third-order valence-electron chi connectivity index (χ3n) is 10.1. The van der Waals surface area contributed by atoms with E-state index < -0.39 is 17.0 Å². The molecule has 7 fully saturated rings. The molecule has 0 amide bonds. The molecular formula is C24H38Cl2Ti. The van der Waals surface area contributed by atoms with Gasteiger partial charge in [-0.3, -0.25) is 0 Å². The quantitative estimate of drug-likeness (QED) is 0.331. The van der Waals surface area contributed by atoms with Crippen molar-refractivity contribution < 1.29 is 17.0 Å². The van der Waals surface area contributed by atoms with Crippen LogP contribution >= 0.6 is 18.6 Å². The molecule has 0 nitrogen and oxygen atoms in total. The minimum atomic E-state index is -0.556. The fraction of sp³-hybridized carbons (Fsp3) is 0.917. The molecule has 0 aromatic carbocycles. The Morgan fingerprint density at radius 1 is 0.889 bits per heavy atom. The Balaban J connectivity index is 0.000000121.